The highest BCUT2D eigenvalue weighted by Crippen LogP contribution is 1.91. The van der Waals surface area contributed by atoms with E-state index in [4.69, 9.17) is 10.8 Å². The van der Waals surface area contributed by atoms with Crippen molar-refractivity contribution in [3.8, 4) is 0 Å². The second-order valence-corrected chi connectivity index (χ2v) is 4.12. The van der Waals surface area contributed by atoms with Gasteiger partial charge in [-0.25, -0.2) is 0 Å². The lowest BCUT2D eigenvalue weighted by Gasteiger charge is -2.10. The monoisotopic (exact) mass is 204 g/mol. The van der Waals surface area contributed by atoms with Crippen LogP contribution in [0.3, 0.4) is 0 Å². The topological polar surface area (TPSA) is 58.3 Å². The van der Waals surface area contributed by atoms with Crippen LogP contribution in [-0.4, -0.2) is 29.8 Å². The van der Waals surface area contributed by atoms with Crippen LogP contribution in [0, 0.1) is 0 Å². The first-order valence-corrected chi connectivity index (χ1v) is 5.58. The van der Waals surface area contributed by atoms with Crippen LogP contribution in [0.25, 0.3) is 0 Å². The highest BCUT2D eigenvalue weighted by molar-refractivity contribution is 4.55. The summed E-state index contributed by atoms with van der Waals surface area (Å²) in [6.45, 7) is 11.1. The van der Waals surface area contributed by atoms with Crippen molar-refractivity contribution in [2.75, 3.05) is 6.54 Å². The van der Waals surface area contributed by atoms with E-state index >= 15 is 0 Å². The van der Waals surface area contributed by atoms with Gasteiger partial charge in [0.05, 0.1) is 6.10 Å². The Hall–Kier alpha value is -0.120. The third kappa shape index (κ3) is 17.8. The van der Waals surface area contributed by atoms with Gasteiger partial charge in [-0.3, -0.25) is 0 Å². The lowest BCUT2D eigenvalue weighted by atomic mass is 10.2. The fraction of sp³-hybridized carbons (Fsp3) is 1.00. The van der Waals surface area contributed by atoms with Gasteiger partial charge in [0.15, 0.2) is 0 Å². The van der Waals surface area contributed by atoms with Gasteiger partial charge in [-0.05, 0) is 19.4 Å². The van der Waals surface area contributed by atoms with Gasteiger partial charge in [0.1, 0.15) is 0 Å². The summed E-state index contributed by atoms with van der Waals surface area (Å²) in [6, 6.07) is 1.25. The summed E-state index contributed by atoms with van der Waals surface area (Å²) in [6.07, 6.45) is 1.37. The number of hydrogen-bond donors (Lipinski definition) is 3. The molecule has 0 amide bonds. The van der Waals surface area contributed by atoms with E-state index in [2.05, 4.69) is 33.0 Å². The molecule has 0 heterocycles. The van der Waals surface area contributed by atoms with E-state index in [-0.39, 0.29) is 6.10 Å². The molecule has 0 spiro atoms. The molecule has 0 saturated carbocycles. The minimum atomic E-state index is -0.176. The molecule has 0 aromatic rings. The molecule has 88 valence electrons. The summed E-state index contributed by atoms with van der Waals surface area (Å²) in [5.74, 6) is 0. The number of hydrogen-bond acceptors (Lipinski definition) is 3. The highest BCUT2D eigenvalue weighted by atomic mass is 16.3. The van der Waals surface area contributed by atoms with E-state index in [1.54, 1.807) is 0 Å². The number of aliphatic hydroxyl groups excluding tert-OH is 1. The van der Waals surface area contributed by atoms with Gasteiger partial charge < -0.3 is 16.2 Å². The molecule has 0 rings (SSSR count). The lowest BCUT2D eigenvalue weighted by molar-refractivity contribution is 0.163. The standard InChI is InChI=1S/C6H15N.C5H13NO/c1-5(2)7-6(3)4;1-2-5(7)3-4-6/h5-7H,1-4H3;5,7H,2-4,6H2,1H3. The first-order valence-electron chi connectivity index (χ1n) is 5.58. The summed E-state index contributed by atoms with van der Waals surface area (Å²) in [5, 5.41) is 12.1. The van der Waals surface area contributed by atoms with Gasteiger partial charge in [0.25, 0.3) is 0 Å². The van der Waals surface area contributed by atoms with Gasteiger partial charge in [-0.15, -0.1) is 0 Å². The molecule has 0 fully saturated rings. The Morgan fingerprint density at radius 1 is 1.14 bits per heavy atom. The Morgan fingerprint density at radius 3 is 1.64 bits per heavy atom. The van der Waals surface area contributed by atoms with Crippen LogP contribution in [0.4, 0.5) is 0 Å². The minimum absolute atomic E-state index is 0.176. The molecule has 3 nitrogen and oxygen atoms in total. The van der Waals surface area contributed by atoms with Gasteiger partial charge >= 0.3 is 0 Å². The Bertz CT molecular complexity index is 99.5. The van der Waals surface area contributed by atoms with E-state index in [0.717, 1.165) is 12.8 Å². The maximum Gasteiger partial charge on any atom is 0.0549 e. The third-order valence-electron chi connectivity index (χ3n) is 1.64. The third-order valence-corrected chi connectivity index (χ3v) is 1.64. The van der Waals surface area contributed by atoms with Gasteiger partial charge in [-0.2, -0.15) is 0 Å². The Kier molecular flexibility index (Phi) is 12.8. The molecule has 0 bridgehead atoms. The molecule has 0 saturated heterocycles. The largest absolute Gasteiger partial charge is 0.393 e. The van der Waals surface area contributed by atoms with Crippen molar-refractivity contribution in [2.45, 2.75) is 65.6 Å². The SMILES string of the molecule is CC(C)NC(C)C.CCC(O)CCN. The zero-order valence-corrected chi connectivity index (χ0v) is 10.4. The van der Waals surface area contributed by atoms with E-state index in [1.807, 2.05) is 6.92 Å². The van der Waals surface area contributed by atoms with E-state index in [1.165, 1.54) is 0 Å². The normalized spacial score (nSPS) is 12.6. The molecule has 14 heavy (non-hydrogen) atoms. The zero-order chi connectivity index (χ0) is 11.6. The van der Waals surface area contributed by atoms with Crippen molar-refractivity contribution in [3.05, 3.63) is 0 Å². The van der Waals surface area contributed by atoms with Crippen molar-refractivity contribution in [1.29, 1.82) is 0 Å². The van der Waals surface area contributed by atoms with Crippen LogP contribution in [0.2, 0.25) is 0 Å². The van der Waals surface area contributed by atoms with Crippen LogP contribution in [0.15, 0.2) is 0 Å². The maximum absolute atomic E-state index is 8.78. The fourth-order valence-corrected chi connectivity index (χ4v) is 1.06. The lowest BCUT2D eigenvalue weighted by Crippen LogP contribution is -2.29. The molecule has 0 aliphatic carbocycles. The van der Waals surface area contributed by atoms with Crippen molar-refractivity contribution in [2.24, 2.45) is 5.73 Å². The Balaban J connectivity index is 0. The molecular weight excluding hydrogens is 176 g/mol. The van der Waals surface area contributed by atoms with Crippen molar-refractivity contribution in [1.82, 2.24) is 5.32 Å². The number of aliphatic hydroxyl groups is 1. The van der Waals surface area contributed by atoms with Crippen LogP contribution in [-0.2, 0) is 0 Å². The summed E-state index contributed by atoms with van der Waals surface area (Å²) >= 11 is 0. The first-order chi connectivity index (χ1) is 6.43. The molecule has 3 heteroatoms. The second-order valence-electron chi connectivity index (χ2n) is 4.12. The molecule has 0 aromatic carbocycles. The van der Waals surface area contributed by atoms with Gasteiger partial charge in [0, 0.05) is 12.1 Å². The molecular formula is C11H28N2O. The molecule has 0 radical (unpaired) electrons. The predicted molar refractivity (Wildman–Crippen MR) is 63.4 cm³/mol. The predicted octanol–water partition coefficient (Wildman–Crippen LogP) is 1.50. The number of nitrogens with two attached hydrogens (primary N) is 1. The summed E-state index contributed by atoms with van der Waals surface area (Å²) in [7, 11) is 0. The van der Waals surface area contributed by atoms with Crippen molar-refractivity contribution >= 4 is 0 Å². The maximum atomic E-state index is 8.78. The summed E-state index contributed by atoms with van der Waals surface area (Å²) in [4.78, 5) is 0. The Morgan fingerprint density at radius 2 is 1.57 bits per heavy atom. The van der Waals surface area contributed by atoms with E-state index in [9.17, 15) is 0 Å². The zero-order valence-electron chi connectivity index (χ0n) is 10.4. The fourth-order valence-electron chi connectivity index (χ4n) is 1.06. The average molecular weight is 204 g/mol. The van der Waals surface area contributed by atoms with E-state index < -0.39 is 0 Å². The summed E-state index contributed by atoms with van der Waals surface area (Å²) in [5.41, 5.74) is 5.14. The van der Waals surface area contributed by atoms with E-state index in [0.29, 0.717) is 18.6 Å². The van der Waals surface area contributed by atoms with Crippen LogP contribution < -0.4 is 11.1 Å². The van der Waals surface area contributed by atoms with Gasteiger partial charge in [0.2, 0.25) is 0 Å². The molecule has 4 N–H and O–H groups in total. The molecule has 0 aromatic heterocycles. The first kappa shape index (κ1) is 16.3. The van der Waals surface area contributed by atoms with Gasteiger partial charge in [-0.1, -0.05) is 34.6 Å². The van der Waals surface area contributed by atoms with Crippen molar-refractivity contribution in [3.63, 3.8) is 0 Å². The summed E-state index contributed by atoms with van der Waals surface area (Å²) < 4.78 is 0. The number of nitrogens with one attached hydrogen (secondary N) is 1. The highest BCUT2D eigenvalue weighted by Gasteiger charge is 1.94. The van der Waals surface area contributed by atoms with Crippen LogP contribution in [0.5, 0.6) is 0 Å². The molecule has 1 atom stereocenters. The molecule has 0 aliphatic rings. The average Bonchev–Trinajstić information content (AvgIpc) is 2.03. The molecule has 0 aliphatic heterocycles. The second kappa shape index (κ2) is 11.0. The minimum Gasteiger partial charge on any atom is -0.393 e. The van der Waals surface area contributed by atoms with Crippen molar-refractivity contribution < 1.29 is 5.11 Å². The van der Waals surface area contributed by atoms with Crippen LogP contribution in [0.1, 0.15) is 47.5 Å². The quantitative estimate of drug-likeness (QED) is 0.636. The number of rotatable bonds is 5. The van der Waals surface area contributed by atoms with Crippen LogP contribution >= 0.6 is 0 Å². The smallest absolute Gasteiger partial charge is 0.0549 e. The Labute approximate surface area is 89.1 Å². The molecule has 1 unspecified atom stereocenters.